The third-order valence-electron chi connectivity index (χ3n) is 3.57. The van der Waals surface area contributed by atoms with Crippen LogP contribution in [-0.4, -0.2) is 20.4 Å². The Labute approximate surface area is 157 Å². The van der Waals surface area contributed by atoms with Gasteiger partial charge in [-0.1, -0.05) is 30.1 Å². The number of sulfonamides is 1. The van der Waals surface area contributed by atoms with E-state index in [0.29, 0.717) is 22.7 Å². The third-order valence-corrected chi connectivity index (χ3v) is 5.92. The van der Waals surface area contributed by atoms with Crippen LogP contribution in [0.15, 0.2) is 47.4 Å². The minimum absolute atomic E-state index is 0.139. The smallest absolute Gasteiger partial charge is 0.255 e. The molecule has 134 valence electrons. The first-order chi connectivity index (χ1) is 11.7. The fourth-order valence-corrected chi connectivity index (χ4v) is 3.60. The summed E-state index contributed by atoms with van der Waals surface area (Å²) in [4.78, 5) is 12.3. The minimum Gasteiger partial charge on any atom is -0.322 e. The van der Waals surface area contributed by atoms with Gasteiger partial charge in [0.2, 0.25) is 10.0 Å². The van der Waals surface area contributed by atoms with Crippen LogP contribution in [0.2, 0.25) is 10.0 Å². The number of nitrogens with one attached hydrogen (secondary N) is 2. The number of benzene rings is 2. The van der Waals surface area contributed by atoms with E-state index in [4.69, 9.17) is 23.2 Å². The number of hydrogen-bond acceptors (Lipinski definition) is 3. The van der Waals surface area contributed by atoms with Crippen molar-refractivity contribution < 1.29 is 13.2 Å². The Balaban J connectivity index is 2.12. The molecule has 0 aliphatic carbocycles. The Kier molecular flexibility index (Phi) is 6.46. The second-order valence-electron chi connectivity index (χ2n) is 5.54. The van der Waals surface area contributed by atoms with E-state index in [2.05, 4.69) is 10.0 Å². The van der Waals surface area contributed by atoms with Gasteiger partial charge in [-0.25, -0.2) is 13.1 Å². The molecule has 1 amide bonds. The fraction of sp³-hybridized carbons (Fsp3) is 0.235. The van der Waals surface area contributed by atoms with Crippen LogP contribution in [0.25, 0.3) is 0 Å². The van der Waals surface area contributed by atoms with Crippen LogP contribution in [0.5, 0.6) is 0 Å². The molecule has 0 heterocycles. The molecule has 2 aromatic carbocycles. The van der Waals surface area contributed by atoms with Gasteiger partial charge < -0.3 is 5.32 Å². The van der Waals surface area contributed by atoms with Crippen molar-refractivity contribution in [3.8, 4) is 0 Å². The number of anilines is 1. The van der Waals surface area contributed by atoms with Crippen molar-refractivity contribution in [1.82, 2.24) is 4.72 Å². The van der Waals surface area contributed by atoms with Crippen LogP contribution in [-0.2, 0) is 10.0 Å². The SMILES string of the molecule is CCC(C)NS(=O)(=O)c1ccc(NC(=O)c2ccc(Cl)c(Cl)c2)cc1. The molecule has 0 aromatic heterocycles. The van der Waals surface area contributed by atoms with Gasteiger partial charge in [-0.05, 0) is 55.8 Å². The summed E-state index contributed by atoms with van der Waals surface area (Å²) in [5, 5.41) is 3.33. The van der Waals surface area contributed by atoms with Crippen molar-refractivity contribution in [2.24, 2.45) is 0 Å². The van der Waals surface area contributed by atoms with Gasteiger partial charge in [0, 0.05) is 17.3 Å². The van der Waals surface area contributed by atoms with Crippen molar-refractivity contribution in [3.63, 3.8) is 0 Å². The van der Waals surface area contributed by atoms with Crippen LogP contribution in [0.4, 0.5) is 5.69 Å². The number of rotatable bonds is 6. The van der Waals surface area contributed by atoms with Gasteiger partial charge >= 0.3 is 0 Å². The monoisotopic (exact) mass is 400 g/mol. The van der Waals surface area contributed by atoms with Crippen molar-refractivity contribution >= 4 is 44.8 Å². The first-order valence-electron chi connectivity index (χ1n) is 7.61. The van der Waals surface area contributed by atoms with E-state index in [-0.39, 0.29) is 21.9 Å². The largest absolute Gasteiger partial charge is 0.322 e. The predicted molar refractivity (Wildman–Crippen MR) is 101 cm³/mol. The van der Waals surface area contributed by atoms with Gasteiger partial charge in [-0.2, -0.15) is 0 Å². The molecule has 0 fully saturated rings. The molecule has 0 bridgehead atoms. The van der Waals surface area contributed by atoms with E-state index in [0.717, 1.165) is 0 Å². The molecule has 1 unspecified atom stereocenters. The molecule has 2 rings (SSSR count). The van der Waals surface area contributed by atoms with Crippen molar-refractivity contribution in [3.05, 3.63) is 58.1 Å². The Hall–Kier alpha value is -1.60. The molecular formula is C17H18Cl2N2O3S. The first kappa shape index (κ1) is 19.7. The van der Waals surface area contributed by atoms with E-state index in [1.807, 2.05) is 6.92 Å². The lowest BCUT2D eigenvalue weighted by Gasteiger charge is -2.12. The molecule has 5 nitrogen and oxygen atoms in total. The molecule has 2 aromatic rings. The summed E-state index contributed by atoms with van der Waals surface area (Å²) in [6.45, 7) is 3.69. The van der Waals surface area contributed by atoms with Gasteiger partial charge in [0.25, 0.3) is 5.91 Å². The highest BCUT2D eigenvalue weighted by molar-refractivity contribution is 7.89. The van der Waals surface area contributed by atoms with Crippen LogP contribution in [0.3, 0.4) is 0 Å². The highest BCUT2D eigenvalue weighted by Gasteiger charge is 2.16. The quantitative estimate of drug-likeness (QED) is 0.757. The zero-order chi connectivity index (χ0) is 18.6. The number of carbonyl (C=O) groups excluding carboxylic acids is 1. The number of hydrogen-bond donors (Lipinski definition) is 2. The zero-order valence-corrected chi connectivity index (χ0v) is 16.0. The molecular weight excluding hydrogens is 383 g/mol. The summed E-state index contributed by atoms with van der Waals surface area (Å²) >= 11 is 11.7. The summed E-state index contributed by atoms with van der Waals surface area (Å²) in [6, 6.07) is 10.3. The summed E-state index contributed by atoms with van der Waals surface area (Å²) in [6.07, 6.45) is 0.691. The van der Waals surface area contributed by atoms with Gasteiger partial charge in [0.15, 0.2) is 0 Å². The molecule has 0 aliphatic heterocycles. The second kappa shape index (κ2) is 8.19. The van der Waals surface area contributed by atoms with Crippen LogP contribution in [0, 0.1) is 0 Å². The highest BCUT2D eigenvalue weighted by Crippen LogP contribution is 2.23. The molecule has 0 radical (unpaired) electrons. The average Bonchev–Trinajstić information content (AvgIpc) is 2.57. The topological polar surface area (TPSA) is 75.3 Å². The molecule has 0 spiro atoms. The number of carbonyl (C=O) groups is 1. The Morgan fingerprint density at radius 2 is 1.72 bits per heavy atom. The summed E-state index contributed by atoms with van der Waals surface area (Å²) in [5.41, 5.74) is 0.822. The standard InChI is InChI=1S/C17H18Cl2N2O3S/c1-3-11(2)21-25(23,24)14-7-5-13(6-8-14)20-17(22)12-4-9-15(18)16(19)10-12/h4-11,21H,3H2,1-2H3,(H,20,22). The Bertz CT molecular complexity index is 868. The minimum atomic E-state index is -3.57. The maximum Gasteiger partial charge on any atom is 0.255 e. The molecule has 0 saturated carbocycles. The number of halogens is 2. The Morgan fingerprint density at radius 1 is 1.08 bits per heavy atom. The van der Waals surface area contributed by atoms with Gasteiger partial charge in [0.1, 0.15) is 0 Å². The van der Waals surface area contributed by atoms with Gasteiger partial charge in [0.05, 0.1) is 14.9 Å². The van der Waals surface area contributed by atoms with E-state index in [1.54, 1.807) is 13.0 Å². The maximum atomic E-state index is 12.2. The maximum absolute atomic E-state index is 12.2. The van der Waals surface area contributed by atoms with Gasteiger partial charge in [-0.15, -0.1) is 0 Å². The summed E-state index contributed by atoms with van der Waals surface area (Å²) < 4.78 is 27.0. The van der Waals surface area contributed by atoms with Crippen LogP contribution >= 0.6 is 23.2 Å². The Morgan fingerprint density at radius 3 is 2.28 bits per heavy atom. The van der Waals surface area contributed by atoms with E-state index in [9.17, 15) is 13.2 Å². The lowest BCUT2D eigenvalue weighted by Crippen LogP contribution is -2.31. The van der Waals surface area contributed by atoms with E-state index in [1.165, 1.54) is 36.4 Å². The zero-order valence-electron chi connectivity index (χ0n) is 13.7. The van der Waals surface area contributed by atoms with E-state index >= 15 is 0 Å². The normalized spacial score (nSPS) is 12.6. The van der Waals surface area contributed by atoms with Crippen molar-refractivity contribution in [1.29, 1.82) is 0 Å². The molecule has 2 N–H and O–H groups in total. The third kappa shape index (κ3) is 5.19. The molecule has 1 atom stereocenters. The highest BCUT2D eigenvalue weighted by atomic mass is 35.5. The summed E-state index contributed by atoms with van der Waals surface area (Å²) in [5.74, 6) is -0.369. The first-order valence-corrected chi connectivity index (χ1v) is 9.85. The average molecular weight is 401 g/mol. The number of amides is 1. The lowest BCUT2D eigenvalue weighted by molar-refractivity contribution is 0.102. The second-order valence-corrected chi connectivity index (χ2v) is 8.07. The molecule has 0 saturated heterocycles. The fourth-order valence-electron chi connectivity index (χ4n) is 1.97. The van der Waals surface area contributed by atoms with E-state index < -0.39 is 10.0 Å². The van der Waals surface area contributed by atoms with Crippen molar-refractivity contribution in [2.45, 2.75) is 31.2 Å². The van der Waals surface area contributed by atoms with Crippen LogP contribution < -0.4 is 10.0 Å². The van der Waals surface area contributed by atoms with Crippen LogP contribution in [0.1, 0.15) is 30.6 Å². The predicted octanol–water partition coefficient (Wildman–Crippen LogP) is 4.32. The molecule has 25 heavy (non-hydrogen) atoms. The summed E-state index contributed by atoms with van der Waals surface area (Å²) in [7, 11) is -3.57. The molecule has 8 heteroatoms. The lowest BCUT2D eigenvalue weighted by atomic mass is 10.2. The van der Waals surface area contributed by atoms with Crippen molar-refractivity contribution in [2.75, 3.05) is 5.32 Å². The van der Waals surface area contributed by atoms with Gasteiger partial charge in [-0.3, -0.25) is 4.79 Å². The molecule has 0 aliphatic rings.